The molecule has 0 unspecified atom stereocenters. The van der Waals surface area contributed by atoms with E-state index in [1.807, 2.05) is 80.6 Å². The Bertz CT molecular complexity index is 1920. The Labute approximate surface area is 310 Å². The number of allylic oxidation sites excluding steroid dienone is 1. The number of aliphatic hydroxyl groups excluding tert-OH is 1. The van der Waals surface area contributed by atoms with Gasteiger partial charge >= 0.3 is 5.97 Å². The van der Waals surface area contributed by atoms with Crippen molar-refractivity contribution in [2.24, 2.45) is 17.8 Å². The van der Waals surface area contributed by atoms with Gasteiger partial charge in [0.1, 0.15) is 42.0 Å². The van der Waals surface area contributed by atoms with E-state index >= 15 is 4.79 Å². The summed E-state index contributed by atoms with van der Waals surface area (Å²) in [5.41, 5.74) is 0.512. The Kier molecular flexibility index (Phi) is 10.1. The van der Waals surface area contributed by atoms with Gasteiger partial charge in [0, 0.05) is 17.4 Å². The van der Waals surface area contributed by atoms with Gasteiger partial charge in [0.2, 0.25) is 11.8 Å². The van der Waals surface area contributed by atoms with Crippen LogP contribution in [-0.2, 0) is 35.3 Å². The maximum Gasteiger partial charge on any atom is 0.313 e. The molecule has 13 nitrogen and oxygen atoms in total. The van der Waals surface area contributed by atoms with Crippen molar-refractivity contribution < 1.29 is 33.8 Å². The second-order valence-corrected chi connectivity index (χ2v) is 15.0. The smallest absolute Gasteiger partial charge is 0.313 e. The molecule has 1 spiro atoms. The summed E-state index contributed by atoms with van der Waals surface area (Å²) in [6.45, 7) is 5.39. The first-order chi connectivity index (χ1) is 25.1. The molecule has 5 bridgehead atoms. The summed E-state index contributed by atoms with van der Waals surface area (Å²) in [6.07, 6.45) is 4.86. The molecule has 14 heteroatoms. The molecule has 0 radical (unpaired) electrons. The minimum absolute atomic E-state index is 0.00732. The molecule has 2 N–H and O–H groups in total. The second kappa shape index (κ2) is 14.6. The molecule has 1 aromatic heterocycles. The first kappa shape index (κ1) is 36.0. The Balaban J connectivity index is 1.35. The molecular weight excluding hydrogens is 732 g/mol. The molecule has 0 saturated carbocycles. The van der Waals surface area contributed by atoms with Gasteiger partial charge in [-0.15, -0.1) is 5.10 Å². The fourth-order valence-corrected chi connectivity index (χ4v) is 8.93. The number of carbonyl (C=O) groups excluding carboxylic acids is 4. The summed E-state index contributed by atoms with van der Waals surface area (Å²) in [4.78, 5) is 60.8. The van der Waals surface area contributed by atoms with Gasteiger partial charge in [-0.25, -0.2) is 4.68 Å². The fourth-order valence-electron chi connectivity index (χ4n) is 8.19. The van der Waals surface area contributed by atoms with E-state index < -0.39 is 72.2 Å². The number of hydrogen-bond donors (Lipinski definition) is 2. The summed E-state index contributed by atoms with van der Waals surface area (Å²) in [7, 11) is 0. The molecule has 274 valence electrons. The van der Waals surface area contributed by atoms with Crippen LogP contribution in [-0.4, -0.2) is 96.6 Å². The second-order valence-electron chi connectivity index (χ2n) is 14.1. The fraction of sp³-hybridized carbons (Fsp3) is 0.474. The third kappa shape index (κ3) is 6.13. The number of rotatable bonds is 7. The number of para-hydroxylation sites is 1. The van der Waals surface area contributed by atoms with Crippen molar-refractivity contribution in [1.29, 1.82) is 0 Å². The number of benzene rings is 2. The van der Waals surface area contributed by atoms with Crippen molar-refractivity contribution in [3.05, 3.63) is 82.9 Å². The molecule has 4 aliphatic rings. The van der Waals surface area contributed by atoms with Crippen LogP contribution in [0.15, 0.2) is 77.3 Å². The molecule has 5 heterocycles. The van der Waals surface area contributed by atoms with Gasteiger partial charge in [-0.05, 0) is 43.0 Å². The van der Waals surface area contributed by atoms with Crippen molar-refractivity contribution >= 4 is 50.7 Å². The van der Waals surface area contributed by atoms with E-state index in [0.717, 1.165) is 0 Å². The lowest BCUT2D eigenvalue weighted by atomic mass is 9.74. The highest BCUT2D eigenvalue weighted by molar-refractivity contribution is 9.11. The highest BCUT2D eigenvalue weighted by atomic mass is 79.9. The topological polar surface area (TPSA) is 156 Å². The number of ether oxygens (including phenoxy) is 2. The number of nitrogens with zero attached hydrogens (tertiary/aromatic N) is 5. The lowest BCUT2D eigenvalue weighted by Crippen LogP contribution is -2.59. The summed E-state index contributed by atoms with van der Waals surface area (Å²) in [5, 5.41) is 22.4. The van der Waals surface area contributed by atoms with Crippen molar-refractivity contribution in [3.8, 4) is 0 Å². The summed E-state index contributed by atoms with van der Waals surface area (Å²) >= 11 is 3.62. The number of aliphatic hydroxyl groups is 1. The van der Waals surface area contributed by atoms with Crippen LogP contribution in [0.2, 0.25) is 0 Å². The molecule has 3 amide bonds. The number of hydrogen-bond acceptors (Lipinski definition) is 9. The maximum atomic E-state index is 15.2. The number of esters is 1. The van der Waals surface area contributed by atoms with Crippen molar-refractivity contribution in [2.45, 2.75) is 82.6 Å². The van der Waals surface area contributed by atoms with Crippen molar-refractivity contribution in [1.82, 2.24) is 30.1 Å². The molecule has 2 fully saturated rings. The molecule has 3 aromatic rings. The quantitative estimate of drug-likeness (QED) is 0.271. The zero-order valence-corrected chi connectivity index (χ0v) is 30.9. The largest absolute Gasteiger partial charge is 0.455 e. The summed E-state index contributed by atoms with van der Waals surface area (Å²) < 4.78 is 15.1. The Morgan fingerprint density at radius 2 is 1.79 bits per heavy atom. The highest BCUT2D eigenvalue weighted by Crippen LogP contribution is 2.59. The molecule has 0 aliphatic carbocycles. The predicted molar refractivity (Wildman–Crippen MR) is 193 cm³/mol. The Morgan fingerprint density at radius 1 is 1.04 bits per heavy atom. The van der Waals surface area contributed by atoms with Gasteiger partial charge in [-0.1, -0.05) is 96.0 Å². The van der Waals surface area contributed by atoms with Gasteiger partial charge in [0.15, 0.2) is 0 Å². The van der Waals surface area contributed by atoms with Crippen LogP contribution in [0, 0.1) is 17.8 Å². The maximum absolute atomic E-state index is 15.2. The van der Waals surface area contributed by atoms with Crippen LogP contribution < -0.4 is 5.32 Å². The van der Waals surface area contributed by atoms with E-state index in [-0.39, 0.29) is 31.5 Å². The summed E-state index contributed by atoms with van der Waals surface area (Å²) in [6, 6.07) is 14.0. The SMILES string of the molecule is CC[C@H](C)[C@H](CO)N1C(=O)[C@H]2[C@@H]3C(=O)O[C@H](c4ccccc4)[C@@H](C)NC(=O)CC/C=C\CN(Cn4nnc5ccccc54)C(=O)[C@H]1[C@@]21C=C(Br)[C@@H]3O1. The first-order valence-electron chi connectivity index (χ1n) is 17.9. The zero-order chi connectivity index (χ0) is 36.7. The number of aromatic nitrogens is 3. The van der Waals surface area contributed by atoms with E-state index in [0.29, 0.717) is 33.9 Å². The van der Waals surface area contributed by atoms with E-state index in [4.69, 9.17) is 9.47 Å². The van der Waals surface area contributed by atoms with E-state index in [1.165, 1.54) is 4.90 Å². The molecule has 2 aromatic carbocycles. The number of likely N-dealkylation sites (tertiary alicyclic amines) is 1. The molecule has 4 aliphatic heterocycles. The van der Waals surface area contributed by atoms with Gasteiger partial charge in [-0.3, -0.25) is 19.2 Å². The van der Waals surface area contributed by atoms with Gasteiger partial charge in [0.25, 0.3) is 5.91 Å². The third-order valence-electron chi connectivity index (χ3n) is 11.0. The molecular formula is C38H43BrN6O7. The van der Waals surface area contributed by atoms with Gasteiger partial charge in [-0.2, -0.15) is 0 Å². The number of cyclic esters (lactones) is 1. The molecule has 52 heavy (non-hydrogen) atoms. The predicted octanol–water partition coefficient (Wildman–Crippen LogP) is 3.64. The van der Waals surface area contributed by atoms with Gasteiger partial charge in [0.05, 0.1) is 30.1 Å². The highest BCUT2D eigenvalue weighted by Gasteiger charge is 2.75. The van der Waals surface area contributed by atoms with E-state index in [2.05, 4.69) is 31.6 Å². The molecule has 9 atom stereocenters. The Morgan fingerprint density at radius 3 is 2.54 bits per heavy atom. The number of carbonyl (C=O) groups is 4. The minimum atomic E-state index is -1.54. The third-order valence-corrected chi connectivity index (χ3v) is 11.7. The van der Waals surface area contributed by atoms with Crippen LogP contribution in [0.25, 0.3) is 11.0 Å². The van der Waals surface area contributed by atoms with Crippen LogP contribution in [0.5, 0.6) is 0 Å². The van der Waals surface area contributed by atoms with Crippen molar-refractivity contribution in [3.63, 3.8) is 0 Å². The van der Waals surface area contributed by atoms with Crippen LogP contribution in [0.4, 0.5) is 0 Å². The summed E-state index contributed by atoms with van der Waals surface area (Å²) in [5.74, 6) is -4.21. The molecule has 2 saturated heterocycles. The normalized spacial score (nSPS) is 31.3. The lowest BCUT2D eigenvalue weighted by Gasteiger charge is -2.40. The zero-order valence-electron chi connectivity index (χ0n) is 29.3. The van der Waals surface area contributed by atoms with Crippen LogP contribution in [0.1, 0.15) is 51.7 Å². The van der Waals surface area contributed by atoms with Crippen molar-refractivity contribution in [2.75, 3.05) is 13.2 Å². The van der Waals surface area contributed by atoms with E-state index in [9.17, 15) is 19.5 Å². The van der Waals surface area contributed by atoms with E-state index in [1.54, 1.807) is 22.6 Å². The average molecular weight is 776 g/mol. The van der Waals surface area contributed by atoms with Crippen LogP contribution in [0.3, 0.4) is 0 Å². The number of fused-ring (bicyclic) bond motifs is 3. The molecule has 7 rings (SSSR count). The number of halogens is 1. The first-order valence-corrected chi connectivity index (χ1v) is 18.6. The number of nitrogens with one attached hydrogen (secondary N) is 1. The standard InChI is InChI=1S/C38H43BrN6O7/c1-4-22(2)28(20-46)45-34-36(49)43(21-44-27-16-11-10-15-26(27)41-42-44)18-12-6-9-17-29(47)40-23(3)32(24-13-7-5-8-14-24)51-37(50)30-31(35(45)48)38(34)19-25(39)33(30)52-38/h5-8,10-16,19,22-23,28,30-34,46H,4,9,17-18,20-21H2,1-3H3,(H,40,47)/b12-6-/t22-,23+,28-,30-,31+,32-,33-,34-,38+/m0/s1. The van der Waals surface area contributed by atoms with Crippen LogP contribution >= 0.6 is 15.9 Å². The monoisotopic (exact) mass is 774 g/mol. The lowest BCUT2D eigenvalue weighted by molar-refractivity contribution is -0.162. The average Bonchev–Trinajstić information content (AvgIpc) is 3.87. The minimum Gasteiger partial charge on any atom is -0.455 e. The van der Waals surface area contributed by atoms with Gasteiger partial charge < -0.3 is 29.7 Å². The Hall–Kier alpha value is -4.40. The number of amides is 3.